The van der Waals surface area contributed by atoms with Crippen LogP contribution in [-0.4, -0.2) is 42.6 Å². The molecule has 2 rings (SSSR count). The van der Waals surface area contributed by atoms with Gasteiger partial charge in [0.05, 0.1) is 5.54 Å². The fourth-order valence-electron chi connectivity index (χ4n) is 2.42. The van der Waals surface area contributed by atoms with E-state index in [1.54, 1.807) is 0 Å². The maximum Gasteiger partial charge on any atom is 0.242 e. The Morgan fingerprint density at radius 2 is 2.06 bits per heavy atom. The van der Waals surface area contributed by atoms with E-state index in [4.69, 9.17) is 10.5 Å². The van der Waals surface area contributed by atoms with Gasteiger partial charge in [-0.15, -0.1) is 0 Å². The molecule has 17 heavy (non-hydrogen) atoms. The van der Waals surface area contributed by atoms with E-state index in [-0.39, 0.29) is 5.91 Å². The number of rotatable bonds is 5. The molecule has 2 aliphatic rings. The fourth-order valence-corrected chi connectivity index (χ4v) is 2.42. The highest BCUT2D eigenvalue weighted by atomic mass is 16.5. The van der Waals surface area contributed by atoms with E-state index in [1.165, 1.54) is 12.8 Å². The van der Waals surface area contributed by atoms with Gasteiger partial charge in [-0.25, -0.2) is 0 Å². The molecule has 98 valence electrons. The highest BCUT2D eigenvalue weighted by molar-refractivity contribution is 5.86. The molecule has 2 fully saturated rings. The smallest absolute Gasteiger partial charge is 0.242 e. The molecule has 0 aromatic heterocycles. The number of hydrogen-bond donors (Lipinski definition) is 1. The summed E-state index contributed by atoms with van der Waals surface area (Å²) < 4.78 is 5.30. The Bertz CT molecular complexity index is 271. The Labute approximate surface area is 103 Å². The maximum atomic E-state index is 12.5. The third-order valence-electron chi connectivity index (χ3n) is 3.77. The van der Waals surface area contributed by atoms with E-state index >= 15 is 0 Å². The zero-order valence-electron chi connectivity index (χ0n) is 10.8. The molecule has 1 amide bonds. The largest absolute Gasteiger partial charge is 0.381 e. The Kier molecular flexibility index (Phi) is 4.05. The summed E-state index contributed by atoms with van der Waals surface area (Å²) in [6.07, 6.45) is 4.88. The lowest BCUT2D eigenvalue weighted by molar-refractivity contribution is -0.140. The van der Waals surface area contributed by atoms with Crippen molar-refractivity contribution in [1.82, 2.24) is 4.90 Å². The van der Waals surface area contributed by atoms with Crippen molar-refractivity contribution >= 4 is 5.91 Å². The van der Waals surface area contributed by atoms with Gasteiger partial charge >= 0.3 is 0 Å². The molecule has 1 saturated heterocycles. The molecule has 2 N–H and O–H groups in total. The standard InChI is InChI=1S/C13H24N2O2/c1-2-7-15(10-11-3-4-11)12(16)13(14)5-8-17-9-6-13/h11H,2-10,14H2,1H3. The van der Waals surface area contributed by atoms with E-state index in [1.807, 2.05) is 4.90 Å². The molecule has 0 aromatic rings. The molecule has 4 heteroatoms. The van der Waals surface area contributed by atoms with Crippen molar-refractivity contribution in [2.24, 2.45) is 11.7 Å². The Hall–Kier alpha value is -0.610. The molecule has 4 nitrogen and oxygen atoms in total. The van der Waals surface area contributed by atoms with Crippen LogP contribution in [0.15, 0.2) is 0 Å². The summed E-state index contributed by atoms with van der Waals surface area (Å²) in [7, 11) is 0. The van der Waals surface area contributed by atoms with Crippen LogP contribution in [0.1, 0.15) is 39.0 Å². The minimum Gasteiger partial charge on any atom is -0.381 e. The van der Waals surface area contributed by atoms with Crippen LogP contribution in [0.25, 0.3) is 0 Å². The van der Waals surface area contributed by atoms with Gasteiger partial charge in [0.1, 0.15) is 0 Å². The van der Waals surface area contributed by atoms with E-state index < -0.39 is 5.54 Å². The van der Waals surface area contributed by atoms with Crippen molar-refractivity contribution in [3.63, 3.8) is 0 Å². The SMILES string of the molecule is CCCN(CC1CC1)C(=O)C1(N)CCOCC1. The van der Waals surface area contributed by atoms with E-state index in [9.17, 15) is 4.79 Å². The van der Waals surface area contributed by atoms with E-state index in [0.29, 0.717) is 26.1 Å². The lowest BCUT2D eigenvalue weighted by atomic mass is 9.89. The summed E-state index contributed by atoms with van der Waals surface area (Å²) in [5.74, 6) is 0.878. The lowest BCUT2D eigenvalue weighted by Crippen LogP contribution is -2.58. The zero-order valence-corrected chi connectivity index (χ0v) is 10.8. The second-order valence-corrected chi connectivity index (χ2v) is 5.46. The second kappa shape index (κ2) is 5.36. The van der Waals surface area contributed by atoms with E-state index in [0.717, 1.165) is 25.4 Å². The number of nitrogens with two attached hydrogens (primary N) is 1. The van der Waals surface area contributed by atoms with Crippen molar-refractivity contribution in [1.29, 1.82) is 0 Å². The van der Waals surface area contributed by atoms with Crippen molar-refractivity contribution < 1.29 is 9.53 Å². The summed E-state index contributed by atoms with van der Waals surface area (Å²) in [6, 6.07) is 0. The summed E-state index contributed by atoms with van der Waals surface area (Å²) in [5, 5.41) is 0. The van der Waals surface area contributed by atoms with Crippen LogP contribution >= 0.6 is 0 Å². The number of carbonyl (C=O) groups is 1. The van der Waals surface area contributed by atoms with Gasteiger partial charge in [0.15, 0.2) is 0 Å². The Morgan fingerprint density at radius 1 is 1.41 bits per heavy atom. The number of nitrogens with zero attached hydrogens (tertiary/aromatic N) is 1. The van der Waals surface area contributed by atoms with Crippen LogP contribution in [0.4, 0.5) is 0 Å². The minimum atomic E-state index is -0.664. The average molecular weight is 240 g/mol. The molecule has 0 bridgehead atoms. The topological polar surface area (TPSA) is 55.6 Å². The van der Waals surface area contributed by atoms with Crippen LogP contribution in [0.3, 0.4) is 0 Å². The summed E-state index contributed by atoms with van der Waals surface area (Å²) in [5.41, 5.74) is 5.59. The summed E-state index contributed by atoms with van der Waals surface area (Å²) in [6.45, 7) is 5.10. The quantitative estimate of drug-likeness (QED) is 0.784. The molecular weight excluding hydrogens is 216 g/mol. The Balaban J connectivity index is 1.97. The lowest BCUT2D eigenvalue weighted by Gasteiger charge is -2.36. The van der Waals surface area contributed by atoms with Gasteiger partial charge < -0.3 is 15.4 Å². The van der Waals surface area contributed by atoms with Gasteiger partial charge in [-0.05, 0) is 38.0 Å². The second-order valence-electron chi connectivity index (χ2n) is 5.46. The van der Waals surface area contributed by atoms with Crippen LogP contribution in [-0.2, 0) is 9.53 Å². The van der Waals surface area contributed by atoms with Crippen LogP contribution in [0.2, 0.25) is 0 Å². The highest BCUT2D eigenvalue weighted by Crippen LogP contribution is 2.31. The fraction of sp³-hybridized carbons (Fsp3) is 0.923. The number of ether oxygens (including phenoxy) is 1. The number of amides is 1. The first-order valence-corrected chi connectivity index (χ1v) is 6.82. The molecule has 1 heterocycles. The van der Waals surface area contributed by atoms with Gasteiger partial charge in [-0.2, -0.15) is 0 Å². The maximum absolute atomic E-state index is 12.5. The normalized spacial score (nSPS) is 23.4. The summed E-state index contributed by atoms with van der Waals surface area (Å²) in [4.78, 5) is 14.5. The molecule has 0 atom stereocenters. The molecule has 0 aromatic carbocycles. The molecule has 0 spiro atoms. The minimum absolute atomic E-state index is 0.148. The highest BCUT2D eigenvalue weighted by Gasteiger charge is 2.40. The van der Waals surface area contributed by atoms with Gasteiger partial charge in [0.2, 0.25) is 5.91 Å². The zero-order chi connectivity index (χ0) is 12.3. The van der Waals surface area contributed by atoms with Crippen molar-refractivity contribution in [2.45, 2.75) is 44.6 Å². The first kappa shape index (κ1) is 12.8. The first-order chi connectivity index (χ1) is 8.15. The summed E-state index contributed by atoms with van der Waals surface area (Å²) >= 11 is 0. The number of carbonyl (C=O) groups excluding carboxylic acids is 1. The molecule has 1 aliphatic carbocycles. The van der Waals surface area contributed by atoms with Crippen molar-refractivity contribution in [3.05, 3.63) is 0 Å². The predicted molar refractivity (Wildman–Crippen MR) is 66.6 cm³/mol. The molecule has 0 radical (unpaired) electrons. The molecule has 0 unspecified atom stereocenters. The van der Waals surface area contributed by atoms with Crippen molar-refractivity contribution in [2.75, 3.05) is 26.3 Å². The average Bonchev–Trinajstić information content (AvgIpc) is 3.12. The molecule has 1 saturated carbocycles. The molecular formula is C13H24N2O2. The van der Waals surface area contributed by atoms with Gasteiger partial charge in [0, 0.05) is 26.3 Å². The van der Waals surface area contributed by atoms with Gasteiger partial charge in [0.25, 0.3) is 0 Å². The Morgan fingerprint density at radius 3 is 2.59 bits per heavy atom. The monoisotopic (exact) mass is 240 g/mol. The van der Waals surface area contributed by atoms with Crippen LogP contribution in [0, 0.1) is 5.92 Å². The van der Waals surface area contributed by atoms with Gasteiger partial charge in [-0.1, -0.05) is 6.92 Å². The van der Waals surface area contributed by atoms with Crippen LogP contribution < -0.4 is 5.73 Å². The third kappa shape index (κ3) is 3.19. The van der Waals surface area contributed by atoms with E-state index in [2.05, 4.69) is 6.92 Å². The third-order valence-corrected chi connectivity index (χ3v) is 3.77. The van der Waals surface area contributed by atoms with Crippen LogP contribution in [0.5, 0.6) is 0 Å². The first-order valence-electron chi connectivity index (χ1n) is 6.82. The predicted octanol–water partition coefficient (Wildman–Crippen LogP) is 1.14. The van der Waals surface area contributed by atoms with Crippen molar-refractivity contribution in [3.8, 4) is 0 Å². The molecule has 1 aliphatic heterocycles. The number of hydrogen-bond acceptors (Lipinski definition) is 3. The van der Waals surface area contributed by atoms with Gasteiger partial charge in [-0.3, -0.25) is 4.79 Å².